The third kappa shape index (κ3) is 5.23. The first-order chi connectivity index (χ1) is 17.9. The number of aliphatic hydroxyl groups excluding tert-OH is 1. The summed E-state index contributed by atoms with van der Waals surface area (Å²) in [7, 11) is 0. The van der Waals surface area contributed by atoms with Gasteiger partial charge in [0.1, 0.15) is 25.0 Å². The molecule has 192 valence electrons. The molecule has 1 amide bonds. The molecule has 1 aromatic heterocycles. The molecule has 1 unspecified atom stereocenters. The number of benzene rings is 2. The number of hydrogen-bond donors (Lipinski definition) is 1. The minimum absolute atomic E-state index is 0.0612. The van der Waals surface area contributed by atoms with Crippen LogP contribution in [-0.2, 0) is 16.1 Å². The number of rotatable bonds is 7. The maximum Gasteiger partial charge on any atom is 0.272 e. The number of ether oxygens (including phenoxy) is 2. The summed E-state index contributed by atoms with van der Waals surface area (Å²) < 4.78 is 37.2. The van der Waals surface area contributed by atoms with Crippen LogP contribution in [0.2, 0.25) is 0 Å². The van der Waals surface area contributed by atoms with Crippen molar-refractivity contribution in [1.82, 2.24) is 19.7 Å². The quantitative estimate of drug-likeness (QED) is 0.518. The van der Waals surface area contributed by atoms with Crippen molar-refractivity contribution in [1.29, 1.82) is 5.26 Å². The first kappa shape index (κ1) is 24.6. The SMILES string of the molecule is N#Cc1cc2nn(CC3=NN(CC(=O)N4CCOCC4)C(O)c4ccccc43)cc2cc1OCC(F)F. The maximum absolute atomic E-state index is 12.8. The van der Waals surface area contributed by atoms with E-state index in [4.69, 9.17) is 9.47 Å². The molecule has 3 heterocycles. The highest BCUT2D eigenvalue weighted by molar-refractivity contribution is 6.02. The number of aromatic nitrogens is 2. The van der Waals surface area contributed by atoms with Crippen LogP contribution in [0.15, 0.2) is 47.7 Å². The smallest absolute Gasteiger partial charge is 0.272 e. The number of nitriles is 1. The van der Waals surface area contributed by atoms with Crippen molar-refractivity contribution in [2.24, 2.45) is 5.10 Å². The maximum atomic E-state index is 12.8. The molecule has 2 aliphatic rings. The van der Waals surface area contributed by atoms with Crippen LogP contribution < -0.4 is 4.74 Å². The molecule has 37 heavy (non-hydrogen) atoms. The van der Waals surface area contributed by atoms with Crippen molar-refractivity contribution < 1.29 is 28.2 Å². The zero-order chi connectivity index (χ0) is 25.9. The number of hydrazone groups is 1. The van der Waals surface area contributed by atoms with E-state index in [1.165, 1.54) is 17.1 Å². The molecule has 2 aromatic carbocycles. The van der Waals surface area contributed by atoms with E-state index in [9.17, 15) is 23.9 Å². The van der Waals surface area contributed by atoms with Crippen LogP contribution in [0, 0.1) is 11.3 Å². The summed E-state index contributed by atoms with van der Waals surface area (Å²) in [5.41, 5.74) is 2.52. The van der Waals surface area contributed by atoms with E-state index >= 15 is 0 Å². The fourth-order valence-corrected chi connectivity index (χ4v) is 4.39. The van der Waals surface area contributed by atoms with Gasteiger partial charge in [0.25, 0.3) is 6.43 Å². The predicted molar refractivity (Wildman–Crippen MR) is 128 cm³/mol. The molecule has 12 heteroatoms. The molecule has 0 radical (unpaired) electrons. The second kappa shape index (κ2) is 10.5. The Hall–Kier alpha value is -4.08. The van der Waals surface area contributed by atoms with Crippen molar-refractivity contribution in [2.75, 3.05) is 39.5 Å². The Kier molecular flexibility index (Phi) is 6.98. The number of morpholine rings is 1. The fraction of sp³-hybridized carbons (Fsp3) is 0.360. The summed E-state index contributed by atoms with van der Waals surface area (Å²) in [6.45, 7) is 1.21. The average Bonchev–Trinajstić information content (AvgIpc) is 3.31. The zero-order valence-corrected chi connectivity index (χ0v) is 19.8. The minimum Gasteiger partial charge on any atom is -0.486 e. The largest absolute Gasteiger partial charge is 0.486 e. The Labute approximate surface area is 210 Å². The average molecular weight is 511 g/mol. The van der Waals surface area contributed by atoms with E-state index in [0.717, 1.165) is 5.56 Å². The van der Waals surface area contributed by atoms with Gasteiger partial charge in [0.15, 0.2) is 6.23 Å². The molecule has 1 N–H and O–H groups in total. The molecule has 1 saturated heterocycles. The van der Waals surface area contributed by atoms with Crippen LogP contribution in [0.25, 0.3) is 10.9 Å². The van der Waals surface area contributed by atoms with Crippen LogP contribution in [-0.4, -0.2) is 82.3 Å². The molecule has 10 nitrogen and oxygen atoms in total. The highest BCUT2D eigenvalue weighted by atomic mass is 19.3. The number of hydrogen-bond acceptors (Lipinski definition) is 8. The second-order valence-corrected chi connectivity index (χ2v) is 8.65. The van der Waals surface area contributed by atoms with Gasteiger partial charge in [-0.1, -0.05) is 24.3 Å². The van der Waals surface area contributed by atoms with E-state index in [1.807, 2.05) is 18.2 Å². The number of alkyl halides is 2. The van der Waals surface area contributed by atoms with Crippen molar-refractivity contribution in [2.45, 2.75) is 19.2 Å². The number of fused-ring (bicyclic) bond motifs is 2. The van der Waals surface area contributed by atoms with Crippen LogP contribution in [0.4, 0.5) is 8.78 Å². The number of carbonyl (C=O) groups excluding carboxylic acids is 1. The molecule has 0 saturated carbocycles. The van der Waals surface area contributed by atoms with Gasteiger partial charge in [-0.2, -0.15) is 15.5 Å². The standard InChI is InChI=1S/C25H24F2N6O4/c26-23(27)15-37-22-10-17-12-32(29-20(17)9-16(22)11-28)13-21-18-3-1-2-4-19(18)25(35)33(30-21)14-24(34)31-5-7-36-8-6-31/h1-4,9-10,12,23,25,35H,5-8,13-15H2. The van der Waals surface area contributed by atoms with Gasteiger partial charge in [-0.3, -0.25) is 14.5 Å². The van der Waals surface area contributed by atoms with Gasteiger partial charge in [0.05, 0.1) is 36.6 Å². The monoisotopic (exact) mass is 510 g/mol. The van der Waals surface area contributed by atoms with Crippen molar-refractivity contribution >= 4 is 22.5 Å². The van der Waals surface area contributed by atoms with Crippen LogP contribution in [0.3, 0.4) is 0 Å². The molecule has 5 rings (SSSR count). The Morgan fingerprint density at radius 3 is 2.81 bits per heavy atom. The Morgan fingerprint density at radius 2 is 2.05 bits per heavy atom. The van der Waals surface area contributed by atoms with Crippen LogP contribution >= 0.6 is 0 Å². The Balaban J connectivity index is 1.43. The van der Waals surface area contributed by atoms with E-state index < -0.39 is 19.3 Å². The Bertz CT molecular complexity index is 1380. The highest BCUT2D eigenvalue weighted by Crippen LogP contribution is 2.29. The molecule has 3 aromatic rings. The van der Waals surface area contributed by atoms with E-state index in [-0.39, 0.29) is 30.3 Å². The van der Waals surface area contributed by atoms with Crippen LogP contribution in [0.1, 0.15) is 22.9 Å². The Morgan fingerprint density at radius 1 is 1.27 bits per heavy atom. The van der Waals surface area contributed by atoms with Crippen molar-refractivity contribution in [3.8, 4) is 11.8 Å². The van der Waals surface area contributed by atoms with E-state index in [1.54, 1.807) is 27.9 Å². The summed E-state index contributed by atoms with van der Waals surface area (Å²) in [5.74, 6) is -0.0962. The van der Waals surface area contributed by atoms with Gasteiger partial charge in [0.2, 0.25) is 5.91 Å². The minimum atomic E-state index is -2.66. The van der Waals surface area contributed by atoms with Gasteiger partial charge < -0.3 is 19.5 Å². The number of aliphatic hydroxyl groups is 1. The fourth-order valence-electron chi connectivity index (χ4n) is 4.39. The molecule has 0 aliphatic carbocycles. The summed E-state index contributed by atoms with van der Waals surface area (Å²) in [6, 6.07) is 12.2. The van der Waals surface area contributed by atoms with Gasteiger partial charge in [-0.05, 0) is 12.1 Å². The van der Waals surface area contributed by atoms with Gasteiger partial charge in [-0.15, -0.1) is 0 Å². The lowest BCUT2D eigenvalue weighted by Crippen LogP contribution is -2.46. The zero-order valence-electron chi connectivity index (χ0n) is 19.8. The number of nitrogens with zero attached hydrogens (tertiary/aromatic N) is 6. The summed E-state index contributed by atoms with van der Waals surface area (Å²) >= 11 is 0. The van der Waals surface area contributed by atoms with Crippen LogP contribution in [0.5, 0.6) is 5.75 Å². The lowest BCUT2D eigenvalue weighted by Gasteiger charge is -2.34. The lowest BCUT2D eigenvalue weighted by atomic mass is 10.00. The molecule has 0 spiro atoms. The van der Waals surface area contributed by atoms with E-state index in [2.05, 4.69) is 10.2 Å². The molecular weight excluding hydrogens is 486 g/mol. The third-order valence-corrected chi connectivity index (χ3v) is 6.19. The summed E-state index contributed by atoms with van der Waals surface area (Å²) in [5, 5.41) is 31.4. The number of amides is 1. The van der Waals surface area contributed by atoms with Crippen molar-refractivity contribution in [3.05, 3.63) is 59.3 Å². The topological polar surface area (TPSA) is 116 Å². The molecule has 1 fully saturated rings. The number of carbonyl (C=O) groups is 1. The highest BCUT2D eigenvalue weighted by Gasteiger charge is 2.30. The van der Waals surface area contributed by atoms with E-state index in [0.29, 0.717) is 48.5 Å². The molecule has 2 aliphatic heterocycles. The number of halogens is 2. The molecule has 1 atom stereocenters. The van der Waals surface area contributed by atoms with Gasteiger partial charge in [0, 0.05) is 35.8 Å². The third-order valence-electron chi connectivity index (χ3n) is 6.19. The summed E-state index contributed by atoms with van der Waals surface area (Å²) in [4.78, 5) is 14.5. The van der Waals surface area contributed by atoms with Gasteiger partial charge >= 0.3 is 0 Å². The first-order valence-corrected chi connectivity index (χ1v) is 11.7. The summed E-state index contributed by atoms with van der Waals surface area (Å²) in [6.07, 6.45) is -2.05. The second-order valence-electron chi connectivity index (χ2n) is 8.65. The van der Waals surface area contributed by atoms with Gasteiger partial charge in [-0.25, -0.2) is 8.78 Å². The molecule has 0 bridgehead atoms. The lowest BCUT2D eigenvalue weighted by molar-refractivity contribution is -0.139. The molecular formula is C25H24F2N6O4. The normalized spacial score (nSPS) is 17.5. The first-order valence-electron chi connectivity index (χ1n) is 11.7. The predicted octanol–water partition coefficient (Wildman–Crippen LogP) is 2.12. The van der Waals surface area contributed by atoms with Crippen molar-refractivity contribution in [3.63, 3.8) is 0 Å².